The zero-order valence-electron chi connectivity index (χ0n) is 12.8. The summed E-state index contributed by atoms with van der Waals surface area (Å²) in [5, 5.41) is 9.20. The summed E-state index contributed by atoms with van der Waals surface area (Å²) in [5.41, 5.74) is 1.56. The van der Waals surface area contributed by atoms with Crippen LogP contribution in [0.15, 0.2) is 35.7 Å². The molecule has 2 atom stereocenters. The van der Waals surface area contributed by atoms with E-state index >= 15 is 0 Å². The Labute approximate surface area is 152 Å². The summed E-state index contributed by atoms with van der Waals surface area (Å²) >= 11 is 1.51. The number of nitrogens with one attached hydrogen (secondary N) is 2. The number of hydrogen-bond acceptors (Lipinski definition) is 4. The van der Waals surface area contributed by atoms with E-state index in [9.17, 15) is 4.79 Å². The summed E-state index contributed by atoms with van der Waals surface area (Å²) in [6.07, 6.45) is 2.12. The molecule has 1 aliphatic rings. The SMILES string of the molecule is CC1NCCCC1NC(=O)c1csc(-c2ccccc2)n1.Cl.Cl. The van der Waals surface area contributed by atoms with Crippen LogP contribution in [0.2, 0.25) is 0 Å². The van der Waals surface area contributed by atoms with Gasteiger partial charge in [0.25, 0.3) is 5.91 Å². The predicted octanol–water partition coefficient (Wildman–Crippen LogP) is 3.52. The summed E-state index contributed by atoms with van der Waals surface area (Å²) in [4.78, 5) is 16.8. The number of nitrogens with zero attached hydrogens (tertiary/aromatic N) is 1. The third kappa shape index (κ3) is 4.91. The normalized spacial score (nSPS) is 20.0. The Hall–Kier alpha value is -1.14. The summed E-state index contributed by atoms with van der Waals surface area (Å²) in [6.45, 7) is 3.14. The molecule has 0 saturated carbocycles. The van der Waals surface area contributed by atoms with Crippen LogP contribution in [0.25, 0.3) is 10.6 Å². The molecule has 2 unspecified atom stereocenters. The van der Waals surface area contributed by atoms with Crippen molar-refractivity contribution in [2.45, 2.75) is 31.8 Å². The van der Waals surface area contributed by atoms with Crippen molar-refractivity contribution in [3.05, 3.63) is 41.4 Å². The van der Waals surface area contributed by atoms with Gasteiger partial charge in [0.1, 0.15) is 10.7 Å². The number of hydrogen-bond donors (Lipinski definition) is 2. The van der Waals surface area contributed by atoms with Crippen molar-refractivity contribution in [2.75, 3.05) is 6.54 Å². The molecule has 0 radical (unpaired) electrons. The largest absolute Gasteiger partial charge is 0.346 e. The Bertz CT molecular complexity index is 621. The minimum absolute atomic E-state index is 0. The van der Waals surface area contributed by atoms with Gasteiger partial charge in [0.05, 0.1) is 0 Å². The minimum Gasteiger partial charge on any atom is -0.346 e. The van der Waals surface area contributed by atoms with E-state index in [1.807, 2.05) is 35.7 Å². The molecule has 0 bridgehead atoms. The zero-order chi connectivity index (χ0) is 14.7. The van der Waals surface area contributed by atoms with Gasteiger partial charge in [-0.3, -0.25) is 4.79 Å². The van der Waals surface area contributed by atoms with E-state index in [0.717, 1.165) is 30.0 Å². The molecule has 1 aromatic carbocycles. The van der Waals surface area contributed by atoms with Gasteiger partial charge < -0.3 is 10.6 Å². The molecule has 1 saturated heterocycles. The minimum atomic E-state index is -0.0750. The number of benzene rings is 1. The Morgan fingerprint density at radius 2 is 2.04 bits per heavy atom. The molecule has 1 aliphatic heterocycles. The maximum Gasteiger partial charge on any atom is 0.271 e. The number of halogens is 2. The Kier molecular flexibility index (Phi) is 7.99. The number of amides is 1. The Balaban J connectivity index is 0.00000132. The van der Waals surface area contributed by atoms with Crippen LogP contribution in [0.3, 0.4) is 0 Å². The second-order valence-electron chi connectivity index (χ2n) is 5.37. The summed E-state index contributed by atoms with van der Waals surface area (Å²) < 4.78 is 0. The van der Waals surface area contributed by atoms with E-state index in [1.54, 1.807) is 0 Å². The molecule has 0 spiro atoms. The number of carbonyl (C=O) groups is 1. The number of rotatable bonds is 3. The maximum absolute atomic E-state index is 12.3. The molecular weight excluding hydrogens is 353 g/mol. The molecule has 3 rings (SSSR count). The Morgan fingerprint density at radius 3 is 2.74 bits per heavy atom. The van der Waals surface area contributed by atoms with Gasteiger partial charge >= 0.3 is 0 Å². The van der Waals surface area contributed by atoms with Crippen LogP contribution in [-0.4, -0.2) is 29.5 Å². The fourth-order valence-electron chi connectivity index (χ4n) is 2.57. The predicted molar refractivity (Wildman–Crippen MR) is 100.0 cm³/mol. The highest BCUT2D eigenvalue weighted by Gasteiger charge is 2.23. The average molecular weight is 374 g/mol. The van der Waals surface area contributed by atoms with Gasteiger partial charge in [-0.15, -0.1) is 36.2 Å². The number of thiazole rings is 1. The number of aromatic nitrogens is 1. The second kappa shape index (κ2) is 9.23. The van der Waals surface area contributed by atoms with E-state index in [2.05, 4.69) is 22.5 Å². The van der Waals surface area contributed by atoms with Crippen molar-refractivity contribution in [3.63, 3.8) is 0 Å². The van der Waals surface area contributed by atoms with Gasteiger partial charge in [-0.05, 0) is 26.3 Å². The standard InChI is InChI=1S/C16H19N3OS.2ClH/c1-11-13(8-5-9-17-11)18-15(20)14-10-21-16(19-14)12-6-3-2-4-7-12;;/h2-4,6-7,10-11,13,17H,5,8-9H2,1H3,(H,18,20);2*1H. The quantitative estimate of drug-likeness (QED) is 0.864. The first kappa shape index (κ1) is 19.9. The smallest absolute Gasteiger partial charge is 0.271 e. The fourth-order valence-corrected chi connectivity index (χ4v) is 3.38. The van der Waals surface area contributed by atoms with Crippen LogP contribution >= 0.6 is 36.2 Å². The van der Waals surface area contributed by atoms with E-state index < -0.39 is 0 Å². The van der Waals surface area contributed by atoms with Crippen LogP contribution < -0.4 is 10.6 Å². The first-order valence-corrected chi connectivity index (χ1v) is 8.17. The zero-order valence-corrected chi connectivity index (χ0v) is 15.3. The summed E-state index contributed by atoms with van der Waals surface area (Å²) in [6, 6.07) is 10.4. The molecule has 23 heavy (non-hydrogen) atoms. The number of piperidine rings is 1. The Morgan fingerprint density at radius 1 is 1.30 bits per heavy atom. The summed E-state index contributed by atoms with van der Waals surface area (Å²) in [5.74, 6) is -0.0750. The molecule has 2 heterocycles. The molecule has 7 heteroatoms. The van der Waals surface area contributed by atoms with E-state index in [1.165, 1.54) is 11.3 Å². The highest BCUT2D eigenvalue weighted by molar-refractivity contribution is 7.13. The van der Waals surface area contributed by atoms with Crippen LogP contribution in [0.1, 0.15) is 30.3 Å². The fraction of sp³-hybridized carbons (Fsp3) is 0.375. The second-order valence-corrected chi connectivity index (χ2v) is 6.23. The first-order chi connectivity index (χ1) is 10.2. The van der Waals surface area contributed by atoms with Crippen LogP contribution in [-0.2, 0) is 0 Å². The highest BCUT2D eigenvalue weighted by atomic mass is 35.5. The van der Waals surface area contributed by atoms with Crippen LogP contribution in [0.5, 0.6) is 0 Å². The van der Waals surface area contributed by atoms with E-state index in [4.69, 9.17) is 0 Å². The van der Waals surface area contributed by atoms with Crippen molar-refractivity contribution in [1.82, 2.24) is 15.6 Å². The molecule has 4 nitrogen and oxygen atoms in total. The molecule has 1 aromatic heterocycles. The van der Waals surface area contributed by atoms with Crippen molar-refractivity contribution in [3.8, 4) is 10.6 Å². The van der Waals surface area contributed by atoms with Crippen molar-refractivity contribution >= 4 is 42.1 Å². The van der Waals surface area contributed by atoms with Gasteiger partial charge in [0, 0.05) is 23.0 Å². The molecule has 126 valence electrons. The lowest BCUT2D eigenvalue weighted by Crippen LogP contribution is -2.51. The van der Waals surface area contributed by atoms with Crippen molar-refractivity contribution < 1.29 is 4.79 Å². The summed E-state index contributed by atoms with van der Waals surface area (Å²) in [7, 11) is 0. The van der Waals surface area contributed by atoms with Crippen molar-refractivity contribution in [2.24, 2.45) is 0 Å². The lowest BCUT2D eigenvalue weighted by Gasteiger charge is -2.30. The van der Waals surface area contributed by atoms with Gasteiger partial charge in [0.15, 0.2) is 0 Å². The van der Waals surface area contributed by atoms with E-state index in [-0.39, 0.29) is 36.8 Å². The van der Waals surface area contributed by atoms with Crippen LogP contribution in [0.4, 0.5) is 0 Å². The van der Waals surface area contributed by atoms with E-state index in [0.29, 0.717) is 11.7 Å². The lowest BCUT2D eigenvalue weighted by molar-refractivity contribution is 0.0915. The van der Waals surface area contributed by atoms with Crippen LogP contribution in [0, 0.1) is 0 Å². The molecular formula is C16H21Cl2N3OS. The van der Waals surface area contributed by atoms with Crippen molar-refractivity contribution in [1.29, 1.82) is 0 Å². The molecule has 2 aromatic rings. The third-order valence-electron chi connectivity index (χ3n) is 3.84. The third-order valence-corrected chi connectivity index (χ3v) is 4.73. The van der Waals surface area contributed by atoms with Gasteiger partial charge in [-0.2, -0.15) is 0 Å². The molecule has 1 fully saturated rings. The first-order valence-electron chi connectivity index (χ1n) is 7.29. The maximum atomic E-state index is 12.3. The molecule has 1 amide bonds. The topological polar surface area (TPSA) is 54.0 Å². The van der Waals surface area contributed by atoms with Gasteiger partial charge in [0.2, 0.25) is 0 Å². The number of carbonyl (C=O) groups excluding carboxylic acids is 1. The monoisotopic (exact) mass is 373 g/mol. The van der Waals surface area contributed by atoms with Gasteiger partial charge in [-0.1, -0.05) is 30.3 Å². The molecule has 0 aliphatic carbocycles. The highest BCUT2D eigenvalue weighted by Crippen LogP contribution is 2.23. The molecule has 2 N–H and O–H groups in total. The lowest BCUT2D eigenvalue weighted by atomic mass is 10.00. The average Bonchev–Trinajstić information content (AvgIpc) is 3.00. The van der Waals surface area contributed by atoms with Gasteiger partial charge in [-0.25, -0.2) is 4.98 Å².